The fraction of sp³-hybridized carbons (Fsp3) is 0.200. The molecule has 6 heteroatoms. The second-order valence-electron chi connectivity index (χ2n) is 2.78. The Morgan fingerprint density at radius 3 is 2.56 bits per heavy atom. The molecule has 82 valence electrons. The molecule has 1 aromatic rings. The second-order valence-corrected chi connectivity index (χ2v) is 4.00. The van der Waals surface area contributed by atoms with E-state index in [1.165, 1.54) is 0 Å². The zero-order chi connectivity index (χ0) is 12.0. The number of benzene rings is 1. The molecule has 0 fully saturated rings. The van der Waals surface area contributed by atoms with Crippen molar-refractivity contribution in [2.24, 2.45) is 0 Å². The molecule has 0 saturated carbocycles. The van der Waals surface area contributed by atoms with Crippen molar-refractivity contribution in [2.75, 3.05) is 0 Å². The van der Waals surface area contributed by atoms with E-state index >= 15 is 0 Å². The monoisotopic (exact) mass is 238 g/mol. The number of hydrogen-bond acceptors (Lipinski definition) is 5. The molecule has 0 bridgehead atoms. The van der Waals surface area contributed by atoms with Gasteiger partial charge in [-0.1, -0.05) is 18.2 Å². The maximum atomic E-state index is 11.5. The molecule has 0 N–H and O–H groups in total. The van der Waals surface area contributed by atoms with E-state index in [2.05, 4.69) is 4.74 Å². The highest BCUT2D eigenvalue weighted by Crippen LogP contribution is 2.32. The summed E-state index contributed by atoms with van der Waals surface area (Å²) in [5.41, 5.74) is 0. The van der Waals surface area contributed by atoms with E-state index in [0.29, 0.717) is 5.75 Å². The highest BCUT2D eigenvalue weighted by atomic mass is 31.1. The van der Waals surface area contributed by atoms with Crippen LogP contribution in [0.25, 0.3) is 0 Å². The Morgan fingerprint density at radius 1 is 1.44 bits per heavy atom. The van der Waals surface area contributed by atoms with Crippen LogP contribution in [-0.2, 0) is 14.1 Å². The Balaban J connectivity index is 2.64. The van der Waals surface area contributed by atoms with Crippen molar-refractivity contribution < 1.29 is 18.6 Å². The van der Waals surface area contributed by atoms with E-state index in [-0.39, 0.29) is 0 Å². The molecule has 2 unspecified atom stereocenters. The smallest absolute Gasteiger partial charge is 0.402 e. The van der Waals surface area contributed by atoms with E-state index in [1.807, 2.05) is 0 Å². The first-order chi connectivity index (χ1) is 7.63. The van der Waals surface area contributed by atoms with Gasteiger partial charge in [0.2, 0.25) is 0 Å². The molecular formula is C10H9NO4P+. The van der Waals surface area contributed by atoms with Gasteiger partial charge in [0.15, 0.2) is 11.8 Å². The Morgan fingerprint density at radius 2 is 2.06 bits per heavy atom. The van der Waals surface area contributed by atoms with Gasteiger partial charge in [-0.25, -0.2) is 0 Å². The number of esters is 1. The summed E-state index contributed by atoms with van der Waals surface area (Å²) in [6.45, 7) is 1.13. The average Bonchev–Trinajstić information content (AvgIpc) is 2.26. The molecule has 0 aliphatic heterocycles. The molecule has 0 saturated heterocycles. The lowest BCUT2D eigenvalue weighted by Crippen LogP contribution is -2.11. The zero-order valence-corrected chi connectivity index (χ0v) is 9.39. The second kappa shape index (κ2) is 5.84. The quantitative estimate of drug-likeness (QED) is 0.593. The number of nitrogens with zero attached hydrogens (tertiary/aromatic N) is 1. The van der Waals surface area contributed by atoms with Gasteiger partial charge < -0.3 is 4.74 Å². The standard InChI is InChI=1S/C10H9NO4P/c1-8(12)14-10(7-11)16(13)15-9-5-3-2-4-6-9/h2-6,10H,1H3/q+1. The summed E-state index contributed by atoms with van der Waals surface area (Å²) in [6.07, 6.45) is 0. The van der Waals surface area contributed by atoms with Gasteiger partial charge in [0.25, 0.3) is 0 Å². The third-order valence-corrected chi connectivity index (χ3v) is 2.51. The minimum atomic E-state index is -2.41. The van der Waals surface area contributed by atoms with Gasteiger partial charge >= 0.3 is 19.8 Å². The first kappa shape index (κ1) is 12.2. The predicted octanol–water partition coefficient (Wildman–Crippen LogP) is 2.22. The van der Waals surface area contributed by atoms with Gasteiger partial charge in [-0.3, -0.25) is 9.32 Å². The fourth-order valence-electron chi connectivity index (χ4n) is 0.907. The van der Waals surface area contributed by atoms with Crippen LogP contribution in [0.3, 0.4) is 0 Å². The number of rotatable bonds is 4. The van der Waals surface area contributed by atoms with Crippen LogP contribution in [0.15, 0.2) is 30.3 Å². The van der Waals surface area contributed by atoms with E-state index in [0.717, 1.165) is 6.92 Å². The topological polar surface area (TPSA) is 76.4 Å². The third-order valence-electron chi connectivity index (χ3n) is 1.52. The van der Waals surface area contributed by atoms with E-state index in [9.17, 15) is 9.36 Å². The first-order valence-corrected chi connectivity index (χ1v) is 5.64. The van der Waals surface area contributed by atoms with Crippen LogP contribution in [0.4, 0.5) is 0 Å². The fourth-order valence-corrected chi connectivity index (χ4v) is 1.66. The highest BCUT2D eigenvalue weighted by Gasteiger charge is 2.37. The van der Waals surface area contributed by atoms with Crippen molar-refractivity contribution in [1.29, 1.82) is 5.26 Å². The lowest BCUT2D eigenvalue weighted by Gasteiger charge is -1.98. The molecule has 0 aliphatic rings. The van der Waals surface area contributed by atoms with Crippen LogP contribution < -0.4 is 4.52 Å². The van der Waals surface area contributed by atoms with Gasteiger partial charge in [0, 0.05) is 6.92 Å². The molecule has 2 atom stereocenters. The summed E-state index contributed by atoms with van der Waals surface area (Å²) >= 11 is 0. The van der Waals surface area contributed by atoms with Crippen LogP contribution >= 0.6 is 8.03 Å². The van der Waals surface area contributed by atoms with Crippen LogP contribution in [-0.4, -0.2) is 11.8 Å². The van der Waals surface area contributed by atoms with Gasteiger partial charge in [-0.2, -0.15) is 5.26 Å². The molecule has 0 amide bonds. The highest BCUT2D eigenvalue weighted by molar-refractivity contribution is 7.40. The molecule has 16 heavy (non-hydrogen) atoms. The van der Waals surface area contributed by atoms with E-state index in [1.54, 1.807) is 36.4 Å². The first-order valence-electron chi connectivity index (χ1n) is 4.39. The van der Waals surface area contributed by atoms with Crippen molar-refractivity contribution in [1.82, 2.24) is 0 Å². The number of carbonyl (C=O) groups is 1. The van der Waals surface area contributed by atoms with Crippen molar-refractivity contribution in [3.8, 4) is 11.8 Å². The summed E-state index contributed by atoms with van der Waals surface area (Å²) < 4.78 is 21.0. The largest absolute Gasteiger partial charge is 0.618 e. The molecule has 0 aliphatic carbocycles. The van der Waals surface area contributed by atoms with Gasteiger partial charge in [-0.15, -0.1) is 0 Å². The van der Waals surface area contributed by atoms with Crippen molar-refractivity contribution in [3.05, 3.63) is 30.3 Å². The Hall–Kier alpha value is -1.92. The number of para-hydroxylation sites is 1. The Labute approximate surface area is 93.5 Å². The molecule has 0 radical (unpaired) electrons. The van der Waals surface area contributed by atoms with Crippen molar-refractivity contribution in [3.63, 3.8) is 0 Å². The lowest BCUT2D eigenvalue weighted by atomic mass is 10.3. The SMILES string of the molecule is CC(=O)OC(C#N)[P+](=O)Oc1ccccc1. The number of ether oxygens (including phenoxy) is 1. The molecule has 0 aromatic heterocycles. The molecule has 0 heterocycles. The summed E-state index contributed by atoms with van der Waals surface area (Å²) in [6, 6.07) is 9.96. The van der Waals surface area contributed by atoms with Crippen LogP contribution in [0.1, 0.15) is 6.92 Å². The normalized spacial score (nSPS) is 12.1. The number of hydrogen-bond donors (Lipinski definition) is 0. The summed E-state index contributed by atoms with van der Waals surface area (Å²) in [4.78, 5) is 10.6. The van der Waals surface area contributed by atoms with Crippen LogP contribution in [0.2, 0.25) is 0 Å². The molecule has 1 aromatic carbocycles. The van der Waals surface area contributed by atoms with Crippen LogP contribution in [0, 0.1) is 11.3 Å². The van der Waals surface area contributed by atoms with Gasteiger partial charge in [0.05, 0.1) is 0 Å². The van der Waals surface area contributed by atoms with E-state index in [4.69, 9.17) is 9.79 Å². The van der Waals surface area contributed by atoms with Gasteiger partial charge in [0.1, 0.15) is 0 Å². The predicted molar refractivity (Wildman–Crippen MR) is 55.8 cm³/mol. The maximum absolute atomic E-state index is 11.5. The lowest BCUT2D eigenvalue weighted by molar-refractivity contribution is -0.141. The molecule has 5 nitrogen and oxygen atoms in total. The average molecular weight is 238 g/mol. The summed E-state index contributed by atoms with van der Waals surface area (Å²) in [5.74, 6) is -1.70. The van der Waals surface area contributed by atoms with Crippen molar-refractivity contribution >= 4 is 14.0 Å². The minimum Gasteiger partial charge on any atom is -0.402 e. The number of carbonyl (C=O) groups excluding carboxylic acids is 1. The Kier molecular flexibility index (Phi) is 4.43. The molecule has 1 rings (SSSR count). The summed E-state index contributed by atoms with van der Waals surface area (Å²) in [7, 11) is -2.41. The third kappa shape index (κ3) is 3.68. The molecule has 0 spiro atoms. The summed E-state index contributed by atoms with van der Waals surface area (Å²) in [5, 5.41) is 8.63. The van der Waals surface area contributed by atoms with Crippen molar-refractivity contribution in [2.45, 2.75) is 12.8 Å². The number of nitriles is 1. The van der Waals surface area contributed by atoms with Gasteiger partial charge in [-0.05, 0) is 16.7 Å². The van der Waals surface area contributed by atoms with Crippen LogP contribution in [0.5, 0.6) is 5.75 Å². The molecular weight excluding hydrogens is 229 g/mol. The van der Waals surface area contributed by atoms with E-state index < -0.39 is 19.8 Å². The minimum absolute atomic E-state index is 0.357. The maximum Gasteiger partial charge on any atom is 0.618 e. The zero-order valence-electron chi connectivity index (χ0n) is 8.49. The Bertz CT molecular complexity index is 426.